The topological polar surface area (TPSA) is 4.93 Å². The summed E-state index contributed by atoms with van der Waals surface area (Å²) >= 11 is 0. The fourth-order valence-corrected chi connectivity index (χ4v) is 12.0. The lowest BCUT2D eigenvalue weighted by Crippen LogP contribution is -2.28. The lowest BCUT2D eigenvalue weighted by molar-refractivity contribution is 0.768. The van der Waals surface area contributed by atoms with Crippen LogP contribution < -0.4 is 0 Å². The number of hydrogen-bond acceptors (Lipinski definition) is 0. The van der Waals surface area contributed by atoms with Crippen molar-refractivity contribution >= 4 is 43.4 Å². The van der Waals surface area contributed by atoms with Crippen LogP contribution in [0.15, 0.2) is 243 Å². The fourth-order valence-electron chi connectivity index (χ4n) is 12.0. The zero-order valence-corrected chi connectivity index (χ0v) is 35.6. The van der Waals surface area contributed by atoms with Crippen LogP contribution in [-0.2, 0) is 5.41 Å². The highest BCUT2D eigenvalue weighted by Crippen LogP contribution is 2.62. The molecule has 12 aromatic rings. The van der Waals surface area contributed by atoms with E-state index in [0.717, 1.165) is 0 Å². The van der Waals surface area contributed by atoms with Crippen LogP contribution in [0.25, 0.3) is 82.4 Å². The van der Waals surface area contributed by atoms with E-state index in [-0.39, 0.29) is 5.92 Å². The minimum atomic E-state index is -0.481. The first-order chi connectivity index (χ1) is 32.3. The first kappa shape index (κ1) is 36.2. The van der Waals surface area contributed by atoms with E-state index in [2.05, 4.69) is 247 Å². The van der Waals surface area contributed by atoms with Crippen LogP contribution in [0.2, 0.25) is 0 Å². The Hall–Kier alpha value is -8.26. The van der Waals surface area contributed by atoms with Crippen molar-refractivity contribution < 1.29 is 0 Å². The smallest absolute Gasteiger partial charge is 0.0713 e. The van der Waals surface area contributed by atoms with E-state index < -0.39 is 5.41 Å². The predicted octanol–water partition coefficient (Wildman–Crippen LogP) is 16.3. The lowest BCUT2D eigenvalue weighted by atomic mass is 9.67. The van der Waals surface area contributed by atoms with Crippen molar-refractivity contribution in [3.8, 4) is 39.1 Å². The van der Waals surface area contributed by atoms with Gasteiger partial charge >= 0.3 is 0 Å². The molecule has 0 fully saturated rings. The van der Waals surface area contributed by atoms with Crippen molar-refractivity contribution in [3.05, 3.63) is 282 Å². The van der Waals surface area contributed by atoms with Gasteiger partial charge in [-0.25, -0.2) is 0 Å². The molecule has 1 atom stereocenters. The maximum absolute atomic E-state index is 2.51. The number of aromatic nitrogens is 1. The van der Waals surface area contributed by atoms with Crippen molar-refractivity contribution in [1.82, 2.24) is 4.57 Å². The molecule has 0 radical (unpaired) electrons. The molecule has 65 heavy (non-hydrogen) atoms. The number of para-hydroxylation sites is 1. The van der Waals surface area contributed by atoms with Crippen molar-refractivity contribution in [2.24, 2.45) is 0 Å². The van der Waals surface area contributed by atoms with Crippen LogP contribution in [0.5, 0.6) is 0 Å². The second-order valence-corrected chi connectivity index (χ2v) is 17.9. The molecule has 1 aromatic heterocycles. The van der Waals surface area contributed by atoms with E-state index in [0.29, 0.717) is 0 Å². The summed E-state index contributed by atoms with van der Waals surface area (Å²) in [6.45, 7) is 0. The maximum Gasteiger partial charge on any atom is 0.0713 e. The Morgan fingerprint density at radius 1 is 0.338 bits per heavy atom. The van der Waals surface area contributed by atoms with Gasteiger partial charge < -0.3 is 4.57 Å². The molecule has 0 bridgehead atoms. The minimum absolute atomic E-state index is 0.0840. The van der Waals surface area contributed by atoms with Crippen molar-refractivity contribution in [2.45, 2.75) is 11.3 Å². The quantitative estimate of drug-likeness (QED) is 0.163. The second kappa shape index (κ2) is 13.9. The normalized spacial score (nSPS) is 14.4. The highest BCUT2D eigenvalue weighted by Gasteiger charge is 2.48. The summed E-state index contributed by atoms with van der Waals surface area (Å²) in [7, 11) is 0. The van der Waals surface area contributed by atoms with E-state index >= 15 is 0 Å². The first-order valence-corrected chi connectivity index (χ1v) is 22.8. The molecule has 0 amide bonds. The molecule has 1 nitrogen and oxygen atoms in total. The Morgan fingerprint density at radius 2 is 0.969 bits per heavy atom. The third-order valence-electron chi connectivity index (χ3n) is 14.7. The van der Waals surface area contributed by atoms with Gasteiger partial charge in [-0.1, -0.05) is 212 Å². The Bertz CT molecular complexity index is 3850. The number of hydrogen-bond donors (Lipinski definition) is 0. The van der Waals surface area contributed by atoms with E-state index in [1.54, 1.807) is 0 Å². The Morgan fingerprint density at radius 3 is 1.80 bits per heavy atom. The maximum atomic E-state index is 2.51. The summed E-state index contributed by atoms with van der Waals surface area (Å²) in [6, 6.07) is 91.0. The van der Waals surface area contributed by atoms with E-state index in [9.17, 15) is 0 Å². The van der Waals surface area contributed by atoms with E-state index in [4.69, 9.17) is 0 Å². The molecule has 0 spiro atoms. The van der Waals surface area contributed by atoms with Gasteiger partial charge in [0.15, 0.2) is 0 Å². The number of rotatable bonds is 5. The summed E-state index contributed by atoms with van der Waals surface area (Å²) in [5.41, 5.74) is 20.2. The van der Waals surface area contributed by atoms with E-state index in [1.807, 2.05) is 0 Å². The average Bonchev–Trinajstić information content (AvgIpc) is 4.00. The standard InChI is InChI=1S/C64H41N/c1-3-20-47(21-4-1)64(48-22-5-2-6-23-48)56-27-13-11-26-52(56)63-57(64)36-35-53-61(46-31-30-41-16-7-8-18-43(41)38-46)51-34-32-44(40-55(51)62(53)63)45-33-37-60-54(39-45)50-25-12-14-28-59(50)65(60)58-29-15-19-42-17-9-10-24-49(42)58/h1-40,61H. The molecule has 1 heteroatoms. The lowest BCUT2D eigenvalue weighted by Gasteiger charge is -2.34. The van der Waals surface area contributed by atoms with Crippen LogP contribution in [0.4, 0.5) is 0 Å². The largest absolute Gasteiger partial charge is 0.309 e. The molecular weight excluding hydrogens is 783 g/mol. The Balaban J connectivity index is 1.03. The molecule has 0 saturated heterocycles. The van der Waals surface area contributed by atoms with Crippen molar-refractivity contribution in [3.63, 3.8) is 0 Å². The van der Waals surface area contributed by atoms with Gasteiger partial charge in [0.2, 0.25) is 0 Å². The fraction of sp³-hybridized carbons (Fsp3) is 0.0312. The number of fused-ring (bicyclic) bond motifs is 12. The predicted molar refractivity (Wildman–Crippen MR) is 271 cm³/mol. The van der Waals surface area contributed by atoms with Crippen molar-refractivity contribution in [2.75, 3.05) is 0 Å². The van der Waals surface area contributed by atoms with E-state index in [1.165, 1.54) is 121 Å². The number of nitrogens with zero attached hydrogens (tertiary/aromatic N) is 1. The van der Waals surface area contributed by atoms with Gasteiger partial charge in [-0.15, -0.1) is 0 Å². The zero-order chi connectivity index (χ0) is 42.6. The third kappa shape index (κ3) is 5.10. The molecular formula is C64H41N. The molecule has 1 unspecified atom stereocenters. The van der Waals surface area contributed by atoms with Crippen LogP contribution in [-0.4, -0.2) is 4.57 Å². The van der Waals surface area contributed by atoms with Crippen LogP contribution in [0.3, 0.4) is 0 Å². The van der Waals surface area contributed by atoms with Gasteiger partial charge in [-0.3, -0.25) is 0 Å². The van der Waals surface area contributed by atoms with Gasteiger partial charge in [0.1, 0.15) is 0 Å². The molecule has 2 aliphatic rings. The van der Waals surface area contributed by atoms with Gasteiger partial charge in [0, 0.05) is 22.1 Å². The molecule has 2 aliphatic carbocycles. The summed E-state index contributed by atoms with van der Waals surface area (Å²) in [6.07, 6.45) is 0. The highest BCUT2D eigenvalue weighted by atomic mass is 15.0. The third-order valence-corrected chi connectivity index (χ3v) is 14.7. The average molecular weight is 824 g/mol. The summed E-state index contributed by atoms with van der Waals surface area (Å²) in [5.74, 6) is 0.0840. The summed E-state index contributed by atoms with van der Waals surface area (Å²) in [5, 5.41) is 7.54. The molecule has 1 heterocycles. The first-order valence-electron chi connectivity index (χ1n) is 22.8. The van der Waals surface area contributed by atoms with Gasteiger partial charge in [-0.2, -0.15) is 0 Å². The summed E-state index contributed by atoms with van der Waals surface area (Å²) < 4.78 is 2.45. The molecule has 0 aliphatic heterocycles. The summed E-state index contributed by atoms with van der Waals surface area (Å²) in [4.78, 5) is 0. The zero-order valence-electron chi connectivity index (χ0n) is 35.6. The minimum Gasteiger partial charge on any atom is -0.309 e. The number of benzene rings is 11. The highest BCUT2D eigenvalue weighted by molar-refractivity contribution is 6.12. The molecule has 11 aromatic carbocycles. The van der Waals surface area contributed by atoms with Gasteiger partial charge in [0.05, 0.1) is 22.1 Å². The monoisotopic (exact) mass is 823 g/mol. The van der Waals surface area contributed by atoms with Crippen LogP contribution in [0.1, 0.15) is 44.9 Å². The van der Waals surface area contributed by atoms with Gasteiger partial charge in [-0.05, 0) is 119 Å². The van der Waals surface area contributed by atoms with Crippen LogP contribution in [0, 0.1) is 0 Å². The van der Waals surface area contributed by atoms with Crippen LogP contribution >= 0.6 is 0 Å². The van der Waals surface area contributed by atoms with Gasteiger partial charge in [0.25, 0.3) is 0 Å². The SMILES string of the molecule is c1ccc(C2(c3ccccc3)c3ccccc3-c3c2ccc2c3-c3cc(-c4ccc5c(c4)c4ccccc4n5-c4cccc5ccccc45)ccc3C2c2ccc3ccccc3c2)cc1. The molecule has 0 saturated carbocycles. The Labute approximate surface area is 378 Å². The van der Waals surface area contributed by atoms with Crippen molar-refractivity contribution in [1.29, 1.82) is 0 Å². The molecule has 0 N–H and O–H groups in total. The second-order valence-electron chi connectivity index (χ2n) is 17.9. The molecule has 14 rings (SSSR count). The Kier molecular flexibility index (Phi) is 7.73. The molecule has 302 valence electrons.